The van der Waals surface area contributed by atoms with Crippen molar-refractivity contribution in [2.75, 3.05) is 6.61 Å². The van der Waals surface area contributed by atoms with Gasteiger partial charge < -0.3 is 4.74 Å². The molecule has 1 aromatic rings. The molecule has 74 valence electrons. The number of nitriles is 1. The van der Waals surface area contributed by atoms with Gasteiger partial charge in [0.1, 0.15) is 0 Å². The summed E-state index contributed by atoms with van der Waals surface area (Å²) in [6, 6.07) is 12.2. The van der Waals surface area contributed by atoms with Crippen LogP contribution in [0.15, 0.2) is 30.3 Å². The van der Waals surface area contributed by atoms with Crippen molar-refractivity contribution in [3.05, 3.63) is 35.9 Å². The van der Waals surface area contributed by atoms with E-state index >= 15 is 0 Å². The summed E-state index contributed by atoms with van der Waals surface area (Å²) in [6.07, 6.45) is 0.809. The number of hydrogen-bond donors (Lipinski definition) is 0. The molecule has 0 N–H and O–H groups in total. The Morgan fingerprint density at radius 1 is 1.36 bits per heavy atom. The Labute approximate surface area is 85.1 Å². The second-order valence-corrected chi connectivity index (χ2v) is 3.36. The molecule has 0 amide bonds. The highest BCUT2D eigenvalue weighted by Gasteiger charge is 1.98. The minimum absolute atomic E-state index is 0.0887. The minimum atomic E-state index is 0.0887. The molecule has 1 aromatic carbocycles. The molecule has 0 saturated carbocycles. The highest BCUT2D eigenvalue weighted by Crippen LogP contribution is 2.03. The summed E-state index contributed by atoms with van der Waals surface area (Å²) in [5, 5.41) is 8.55. The van der Waals surface area contributed by atoms with Crippen molar-refractivity contribution in [1.29, 1.82) is 5.26 Å². The molecule has 0 radical (unpaired) electrons. The van der Waals surface area contributed by atoms with Gasteiger partial charge in [0, 0.05) is 12.5 Å². The predicted octanol–water partition coefficient (Wildman–Crippen LogP) is 2.75. The fraction of sp³-hybridized carbons (Fsp3) is 0.417. The highest BCUT2D eigenvalue weighted by atomic mass is 16.5. The van der Waals surface area contributed by atoms with E-state index in [4.69, 9.17) is 10.00 Å². The Hall–Kier alpha value is -1.33. The van der Waals surface area contributed by atoms with Gasteiger partial charge in [-0.15, -0.1) is 0 Å². The second kappa shape index (κ2) is 6.17. The van der Waals surface area contributed by atoms with Gasteiger partial charge in [0.15, 0.2) is 0 Å². The third-order valence-corrected chi connectivity index (χ3v) is 2.03. The minimum Gasteiger partial charge on any atom is -0.377 e. The van der Waals surface area contributed by atoms with Gasteiger partial charge in [0.2, 0.25) is 0 Å². The summed E-state index contributed by atoms with van der Waals surface area (Å²) in [5.41, 5.74) is 1.18. The monoisotopic (exact) mass is 189 g/mol. The summed E-state index contributed by atoms with van der Waals surface area (Å²) < 4.78 is 5.44. The number of nitrogens with zero attached hydrogens (tertiary/aromatic N) is 1. The molecule has 1 rings (SSSR count). The van der Waals surface area contributed by atoms with Gasteiger partial charge in [-0.1, -0.05) is 30.3 Å². The quantitative estimate of drug-likeness (QED) is 0.667. The molecular weight excluding hydrogens is 174 g/mol. The standard InChI is InChI=1S/C12H15NO/c1-11(9-13)7-8-14-10-12-5-3-2-4-6-12/h2-6,11H,7-8,10H2,1H3/t11-/m0/s1. The normalized spacial score (nSPS) is 12.0. The number of hydrogen-bond acceptors (Lipinski definition) is 2. The molecule has 0 unspecified atom stereocenters. The molecule has 0 heterocycles. The summed E-state index contributed by atoms with van der Waals surface area (Å²) in [7, 11) is 0. The molecule has 2 heteroatoms. The lowest BCUT2D eigenvalue weighted by atomic mass is 10.1. The first-order valence-electron chi connectivity index (χ1n) is 4.84. The average Bonchev–Trinajstić information content (AvgIpc) is 2.25. The van der Waals surface area contributed by atoms with Crippen molar-refractivity contribution in [2.45, 2.75) is 20.0 Å². The molecule has 2 nitrogen and oxygen atoms in total. The van der Waals surface area contributed by atoms with Gasteiger partial charge in [-0.3, -0.25) is 0 Å². The lowest BCUT2D eigenvalue weighted by Crippen LogP contribution is -2.00. The summed E-state index contributed by atoms with van der Waals surface area (Å²) >= 11 is 0. The van der Waals surface area contributed by atoms with Crippen molar-refractivity contribution in [1.82, 2.24) is 0 Å². The first-order chi connectivity index (χ1) is 6.83. The Morgan fingerprint density at radius 2 is 2.07 bits per heavy atom. The molecule has 0 aliphatic carbocycles. The zero-order valence-corrected chi connectivity index (χ0v) is 8.44. The first kappa shape index (κ1) is 10.7. The van der Waals surface area contributed by atoms with E-state index < -0.39 is 0 Å². The molecule has 0 spiro atoms. The molecule has 0 aromatic heterocycles. The maximum absolute atomic E-state index is 8.55. The molecule has 0 bridgehead atoms. The smallest absolute Gasteiger partial charge is 0.0716 e. The molecule has 14 heavy (non-hydrogen) atoms. The van der Waals surface area contributed by atoms with E-state index in [1.54, 1.807) is 0 Å². The zero-order valence-electron chi connectivity index (χ0n) is 8.44. The van der Waals surface area contributed by atoms with Crippen LogP contribution in [0.4, 0.5) is 0 Å². The second-order valence-electron chi connectivity index (χ2n) is 3.36. The molecule has 1 atom stereocenters. The average molecular weight is 189 g/mol. The summed E-state index contributed by atoms with van der Waals surface area (Å²) in [5.74, 6) is 0.0887. The van der Waals surface area contributed by atoms with Crippen molar-refractivity contribution in [2.24, 2.45) is 5.92 Å². The highest BCUT2D eigenvalue weighted by molar-refractivity contribution is 5.13. The van der Waals surface area contributed by atoms with Gasteiger partial charge in [0.25, 0.3) is 0 Å². The van der Waals surface area contributed by atoms with E-state index in [9.17, 15) is 0 Å². The fourth-order valence-electron chi connectivity index (χ4n) is 1.09. The molecule has 0 aliphatic heterocycles. The molecule has 0 aliphatic rings. The van der Waals surface area contributed by atoms with Crippen molar-refractivity contribution in [3.8, 4) is 6.07 Å². The third kappa shape index (κ3) is 4.06. The summed E-state index contributed by atoms with van der Waals surface area (Å²) in [4.78, 5) is 0. The number of ether oxygens (including phenoxy) is 1. The maximum atomic E-state index is 8.55. The van der Waals surface area contributed by atoms with Crippen LogP contribution in [0.3, 0.4) is 0 Å². The van der Waals surface area contributed by atoms with E-state index in [1.807, 2.05) is 37.3 Å². The van der Waals surface area contributed by atoms with E-state index in [0.29, 0.717) is 13.2 Å². The zero-order chi connectivity index (χ0) is 10.2. The maximum Gasteiger partial charge on any atom is 0.0716 e. The van der Waals surface area contributed by atoms with Crippen LogP contribution in [-0.4, -0.2) is 6.61 Å². The van der Waals surface area contributed by atoms with Crippen LogP contribution in [0.2, 0.25) is 0 Å². The number of benzene rings is 1. The van der Waals surface area contributed by atoms with Crippen LogP contribution in [0, 0.1) is 17.2 Å². The Morgan fingerprint density at radius 3 is 2.71 bits per heavy atom. The molecular formula is C12H15NO. The van der Waals surface area contributed by atoms with Crippen molar-refractivity contribution < 1.29 is 4.74 Å². The summed E-state index contributed by atoms with van der Waals surface area (Å²) in [6.45, 7) is 3.20. The van der Waals surface area contributed by atoms with Gasteiger partial charge in [0.05, 0.1) is 12.7 Å². The number of rotatable bonds is 5. The Balaban J connectivity index is 2.14. The van der Waals surface area contributed by atoms with Gasteiger partial charge in [-0.2, -0.15) is 5.26 Å². The lowest BCUT2D eigenvalue weighted by Gasteiger charge is -2.04. The van der Waals surface area contributed by atoms with Crippen LogP contribution >= 0.6 is 0 Å². The van der Waals surface area contributed by atoms with E-state index in [0.717, 1.165) is 6.42 Å². The fourth-order valence-corrected chi connectivity index (χ4v) is 1.09. The van der Waals surface area contributed by atoms with Crippen LogP contribution in [0.5, 0.6) is 0 Å². The van der Waals surface area contributed by atoms with Crippen molar-refractivity contribution in [3.63, 3.8) is 0 Å². The van der Waals surface area contributed by atoms with Crippen LogP contribution in [-0.2, 0) is 11.3 Å². The van der Waals surface area contributed by atoms with E-state index in [-0.39, 0.29) is 5.92 Å². The van der Waals surface area contributed by atoms with Gasteiger partial charge >= 0.3 is 0 Å². The molecule has 0 fully saturated rings. The van der Waals surface area contributed by atoms with Gasteiger partial charge in [-0.25, -0.2) is 0 Å². The first-order valence-corrected chi connectivity index (χ1v) is 4.84. The van der Waals surface area contributed by atoms with Crippen LogP contribution in [0.1, 0.15) is 18.9 Å². The Bertz CT molecular complexity index is 289. The topological polar surface area (TPSA) is 33.0 Å². The third-order valence-electron chi connectivity index (χ3n) is 2.03. The predicted molar refractivity (Wildman–Crippen MR) is 55.5 cm³/mol. The van der Waals surface area contributed by atoms with Crippen LogP contribution < -0.4 is 0 Å². The van der Waals surface area contributed by atoms with E-state index in [1.165, 1.54) is 5.56 Å². The van der Waals surface area contributed by atoms with Crippen LogP contribution in [0.25, 0.3) is 0 Å². The SMILES string of the molecule is C[C@H](C#N)CCOCc1ccccc1. The molecule has 0 saturated heterocycles. The Kier molecular flexibility index (Phi) is 4.74. The lowest BCUT2D eigenvalue weighted by molar-refractivity contribution is 0.113. The van der Waals surface area contributed by atoms with Crippen molar-refractivity contribution >= 4 is 0 Å². The van der Waals surface area contributed by atoms with Gasteiger partial charge in [-0.05, 0) is 18.9 Å². The largest absolute Gasteiger partial charge is 0.377 e. The van der Waals surface area contributed by atoms with E-state index in [2.05, 4.69) is 6.07 Å².